The zero-order chi connectivity index (χ0) is 15.3. The van der Waals surface area contributed by atoms with E-state index in [4.69, 9.17) is 4.42 Å². The summed E-state index contributed by atoms with van der Waals surface area (Å²) in [7, 11) is -3.15. The summed E-state index contributed by atoms with van der Waals surface area (Å²) in [6.45, 7) is 2.89. The first kappa shape index (κ1) is 16.0. The van der Waals surface area contributed by atoms with Gasteiger partial charge in [-0.2, -0.15) is 0 Å². The molecule has 1 fully saturated rings. The van der Waals surface area contributed by atoms with Crippen LogP contribution in [0.3, 0.4) is 0 Å². The van der Waals surface area contributed by atoms with Gasteiger partial charge in [0.2, 0.25) is 15.9 Å². The van der Waals surface area contributed by atoms with Gasteiger partial charge in [-0.15, -0.1) is 0 Å². The fraction of sp³-hybridized carbons (Fsp3) is 0.615. The molecule has 0 aliphatic carbocycles. The lowest BCUT2D eigenvalue weighted by Gasteiger charge is -2.20. The van der Waals surface area contributed by atoms with Crippen LogP contribution in [0.15, 0.2) is 22.8 Å². The highest BCUT2D eigenvalue weighted by Crippen LogP contribution is 2.06. The molecule has 1 aromatic rings. The molecule has 1 aliphatic heterocycles. The lowest BCUT2D eigenvalue weighted by Crippen LogP contribution is -2.39. The molecular weight excluding hydrogens is 294 g/mol. The van der Waals surface area contributed by atoms with Crippen LogP contribution in [0.25, 0.3) is 0 Å². The minimum absolute atomic E-state index is 0.0841. The number of amides is 1. The van der Waals surface area contributed by atoms with Gasteiger partial charge in [0.1, 0.15) is 5.76 Å². The van der Waals surface area contributed by atoms with Gasteiger partial charge < -0.3 is 9.73 Å². The number of nitrogens with zero attached hydrogens (tertiary/aromatic N) is 2. The van der Waals surface area contributed by atoms with Crippen molar-refractivity contribution in [3.8, 4) is 0 Å². The van der Waals surface area contributed by atoms with Gasteiger partial charge in [0.15, 0.2) is 0 Å². The third-order valence-corrected chi connectivity index (χ3v) is 4.73. The van der Waals surface area contributed by atoms with Gasteiger partial charge in [0.05, 0.1) is 25.6 Å². The Morgan fingerprint density at radius 3 is 2.81 bits per heavy atom. The van der Waals surface area contributed by atoms with Gasteiger partial charge >= 0.3 is 0 Å². The number of nitrogens with one attached hydrogen (secondary N) is 1. The molecule has 8 heteroatoms. The number of carbonyl (C=O) groups excluding carboxylic acids is 1. The van der Waals surface area contributed by atoms with E-state index in [0.29, 0.717) is 31.9 Å². The average molecular weight is 315 g/mol. The molecule has 0 unspecified atom stereocenters. The molecule has 0 radical (unpaired) electrons. The maximum atomic E-state index is 11.9. The minimum Gasteiger partial charge on any atom is -0.467 e. The molecule has 1 aliphatic rings. The first-order valence-corrected chi connectivity index (χ1v) is 8.76. The van der Waals surface area contributed by atoms with E-state index in [-0.39, 0.29) is 12.5 Å². The molecule has 0 aromatic carbocycles. The first-order valence-electron chi connectivity index (χ1n) is 6.92. The van der Waals surface area contributed by atoms with Gasteiger partial charge in [0.25, 0.3) is 0 Å². The molecule has 2 heterocycles. The van der Waals surface area contributed by atoms with Gasteiger partial charge in [-0.05, 0) is 25.1 Å². The maximum Gasteiger partial charge on any atom is 0.234 e. The molecule has 21 heavy (non-hydrogen) atoms. The van der Waals surface area contributed by atoms with Gasteiger partial charge in [-0.3, -0.25) is 9.69 Å². The molecule has 118 valence electrons. The van der Waals surface area contributed by atoms with Crippen LogP contribution in [0.2, 0.25) is 0 Å². The molecule has 1 amide bonds. The highest BCUT2D eigenvalue weighted by atomic mass is 32.2. The quantitative estimate of drug-likeness (QED) is 0.818. The molecular formula is C13H21N3O4S. The van der Waals surface area contributed by atoms with Crippen LogP contribution in [0.1, 0.15) is 12.2 Å². The lowest BCUT2D eigenvalue weighted by molar-refractivity contribution is -0.122. The van der Waals surface area contributed by atoms with Crippen LogP contribution in [-0.4, -0.2) is 62.5 Å². The summed E-state index contributed by atoms with van der Waals surface area (Å²) in [6.07, 6.45) is 3.52. The SMILES string of the molecule is CS(=O)(=O)N1CCCN(CC(=O)NCc2ccco2)CC1. The van der Waals surface area contributed by atoms with Crippen LogP contribution in [-0.2, 0) is 21.4 Å². The fourth-order valence-electron chi connectivity index (χ4n) is 2.29. The largest absolute Gasteiger partial charge is 0.467 e. The Morgan fingerprint density at radius 1 is 1.33 bits per heavy atom. The number of hydrogen-bond acceptors (Lipinski definition) is 5. The summed E-state index contributed by atoms with van der Waals surface area (Å²) < 4.78 is 29.6. The molecule has 7 nitrogen and oxygen atoms in total. The Labute approximate surface area is 124 Å². The number of rotatable bonds is 5. The standard InChI is InChI=1S/C13H21N3O4S/c1-21(18,19)16-6-3-5-15(7-8-16)11-13(17)14-10-12-4-2-9-20-12/h2,4,9H,3,5-8,10-11H2,1H3,(H,14,17). The van der Waals surface area contributed by atoms with Crippen LogP contribution < -0.4 is 5.32 Å². The molecule has 0 atom stereocenters. The zero-order valence-electron chi connectivity index (χ0n) is 12.1. The molecule has 2 rings (SSSR count). The van der Waals surface area contributed by atoms with E-state index in [0.717, 1.165) is 13.0 Å². The van der Waals surface area contributed by atoms with Crippen molar-refractivity contribution in [1.82, 2.24) is 14.5 Å². The Balaban J connectivity index is 1.76. The Morgan fingerprint density at radius 2 is 2.14 bits per heavy atom. The van der Waals surface area contributed by atoms with E-state index in [2.05, 4.69) is 5.32 Å². The zero-order valence-corrected chi connectivity index (χ0v) is 12.9. The highest BCUT2D eigenvalue weighted by molar-refractivity contribution is 7.88. The summed E-state index contributed by atoms with van der Waals surface area (Å²) in [6, 6.07) is 3.58. The van der Waals surface area contributed by atoms with Crippen LogP contribution in [0.5, 0.6) is 0 Å². The second-order valence-corrected chi connectivity index (χ2v) is 7.13. The topological polar surface area (TPSA) is 82.9 Å². The van der Waals surface area contributed by atoms with Gasteiger partial charge in [-0.1, -0.05) is 0 Å². The predicted molar refractivity (Wildman–Crippen MR) is 78.0 cm³/mol. The molecule has 0 spiro atoms. The fourth-order valence-corrected chi connectivity index (χ4v) is 3.17. The monoisotopic (exact) mass is 315 g/mol. The second kappa shape index (κ2) is 7.06. The van der Waals surface area contributed by atoms with Crippen LogP contribution in [0, 0.1) is 0 Å². The first-order chi connectivity index (χ1) is 9.95. The molecule has 0 saturated carbocycles. The number of carbonyl (C=O) groups is 1. The van der Waals surface area contributed by atoms with Crippen molar-refractivity contribution in [1.29, 1.82) is 0 Å². The lowest BCUT2D eigenvalue weighted by atomic mass is 10.3. The van der Waals surface area contributed by atoms with Crippen molar-refractivity contribution in [3.63, 3.8) is 0 Å². The molecule has 1 aromatic heterocycles. The third-order valence-electron chi connectivity index (χ3n) is 3.42. The van der Waals surface area contributed by atoms with Crippen molar-refractivity contribution in [3.05, 3.63) is 24.2 Å². The van der Waals surface area contributed by atoms with Crippen molar-refractivity contribution in [2.45, 2.75) is 13.0 Å². The second-order valence-electron chi connectivity index (χ2n) is 5.15. The summed E-state index contributed by atoms with van der Waals surface area (Å²) >= 11 is 0. The summed E-state index contributed by atoms with van der Waals surface area (Å²) in [5.74, 6) is 0.627. The normalized spacial score (nSPS) is 18.3. The molecule has 1 N–H and O–H groups in total. The summed E-state index contributed by atoms with van der Waals surface area (Å²) in [4.78, 5) is 13.8. The minimum atomic E-state index is -3.15. The van der Waals surface area contributed by atoms with Crippen molar-refractivity contribution >= 4 is 15.9 Å². The third kappa shape index (κ3) is 5.14. The van der Waals surface area contributed by atoms with E-state index in [9.17, 15) is 13.2 Å². The van der Waals surface area contributed by atoms with E-state index < -0.39 is 10.0 Å². The van der Waals surface area contributed by atoms with Gasteiger partial charge in [-0.25, -0.2) is 12.7 Å². The van der Waals surface area contributed by atoms with E-state index in [1.54, 1.807) is 18.4 Å². The number of furan rings is 1. The van der Waals surface area contributed by atoms with Crippen molar-refractivity contribution < 1.29 is 17.6 Å². The summed E-state index contributed by atoms with van der Waals surface area (Å²) in [5.41, 5.74) is 0. The Bertz CT molecular complexity index is 556. The van der Waals surface area contributed by atoms with Crippen molar-refractivity contribution in [2.24, 2.45) is 0 Å². The number of hydrogen-bond donors (Lipinski definition) is 1. The van der Waals surface area contributed by atoms with Crippen molar-refractivity contribution in [2.75, 3.05) is 39.0 Å². The smallest absolute Gasteiger partial charge is 0.234 e. The Hall–Kier alpha value is -1.38. The summed E-state index contributed by atoms with van der Waals surface area (Å²) in [5, 5.41) is 2.79. The molecule has 1 saturated heterocycles. The Kier molecular flexibility index (Phi) is 5.38. The highest BCUT2D eigenvalue weighted by Gasteiger charge is 2.22. The van der Waals surface area contributed by atoms with E-state index in [1.807, 2.05) is 4.90 Å². The van der Waals surface area contributed by atoms with Gasteiger partial charge in [0, 0.05) is 19.6 Å². The van der Waals surface area contributed by atoms with E-state index in [1.165, 1.54) is 10.6 Å². The van der Waals surface area contributed by atoms with Crippen LogP contribution >= 0.6 is 0 Å². The van der Waals surface area contributed by atoms with Crippen LogP contribution in [0.4, 0.5) is 0 Å². The maximum absolute atomic E-state index is 11.9. The average Bonchev–Trinajstić information content (AvgIpc) is 2.81. The predicted octanol–water partition coefficient (Wildman–Crippen LogP) is -0.137. The number of sulfonamides is 1. The molecule has 0 bridgehead atoms. The van der Waals surface area contributed by atoms with E-state index >= 15 is 0 Å².